The highest BCUT2D eigenvalue weighted by atomic mass is 35.5. The largest absolute Gasteiger partial charge is 0.506 e. The van der Waals surface area contributed by atoms with Crippen molar-refractivity contribution in [2.24, 2.45) is 0 Å². The third-order valence-electron chi connectivity index (χ3n) is 3.87. The van der Waals surface area contributed by atoms with Crippen LogP contribution in [0.5, 0.6) is 5.75 Å². The second kappa shape index (κ2) is 7.26. The Labute approximate surface area is 158 Å². The Balaban J connectivity index is 2.41. The number of phenols is 1. The van der Waals surface area contributed by atoms with Gasteiger partial charge in [-0.2, -0.15) is 0 Å². The Morgan fingerprint density at radius 3 is 2.35 bits per heavy atom. The van der Waals surface area contributed by atoms with Crippen molar-refractivity contribution in [1.29, 1.82) is 0 Å². The van der Waals surface area contributed by atoms with Gasteiger partial charge in [-0.1, -0.05) is 38.4 Å². The zero-order valence-electron chi connectivity index (χ0n) is 14.9. The summed E-state index contributed by atoms with van der Waals surface area (Å²) in [7, 11) is -2.44. The number of halogens is 1. The normalized spacial score (nSPS) is 12.0. The molecule has 2 aromatic rings. The van der Waals surface area contributed by atoms with Gasteiger partial charge in [-0.05, 0) is 48.4 Å². The Hall–Kier alpha value is -2.09. The summed E-state index contributed by atoms with van der Waals surface area (Å²) in [6.45, 7) is 6.02. The molecular weight excluding hydrogens is 376 g/mol. The van der Waals surface area contributed by atoms with Crippen LogP contribution in [0.2, 0.25) is 5.02 Å². The number of amides is 1. The summed E-state index contributed by atoms with van der Waals surface area (Å²) < 4.78 is 26.0. The number of hydrogen-bond acceptors (Lipinski definition) is 4. The van der Waals surface area contributed by atoms with Crippen LogP contribution < -0.4 is 10.0 Å². The molecule has 2 aromatic carbocycles. The molecule has 0 saturated heterocycles. The standard InChI is InChI=1S/C18H21ClN2O4S/c1-18(2,3)11-5-8-16(22)15(9-11)21-17(23)13-10-12(6-7-14(13)19)26(24,25)20-4/h5-10,20,22H,1-4H3,(H,21,23). The number of rotatable bonds is 4. The third-order valence-corrected chi connectivity index (χ3v) is 5.61. The highest BCUT2D eigenvalue weighted by Crippen LogP contribution is 2.31. The van der Waals surface area contributed by atoms with Crippen LogP contribution in [-0.4, -0.2) is 26.5 Å². The summed E-state index contributed by atoms with van der Waals surface area (Å²) in [4.78, 5) is 12.5. The maximum absolute atomic E-state index is 12.6. The lowest BCUT2D eigenvalue weighted by molar-refractivity contribution is 0.102. The lowest BCUT2D eigenvalue weighted by atomic mass is 9.87. The molecule has 1 amide bonds. The summed E-state index contributed by atoms with van der Waals surface area (Å²) in [5.74, 6) is -0.717. The van der Waals surface area contributed by atoms with Gasteiger partial charge in [0.2, 0.25) is 10.0 Å². The first kappa shape index (κ1) is 20.2. The quantitative estimate of drug-likeness (QED) is 0.689. The maximum atomic E-state index is 12.6. The van der Waals surface area contributed by atoms with Crippen LogP contribution in [0.3, 0.4) is 0 Å². The second-order valence-electron chi connectivity index (χ2n) is 6.79. The fourth-order valence-electron chi connectivity index (χ4n) is 2.26. The van der Waals surface area contributed by atoms with E-state index in [-0.39, 0.29) is 32.3 Å². The zero-order chi connectivity index (χ0) is 19.7. The van der Waals surface area contributed by atoms with Gasteiger partial charge in [-0.15, -0.1) is 0 Å². The molecule has 0 bridgehead atoms. The van der Waals surface area contributed by atoms with E-state index in [1.165, 1.54) is 31.3 Å². The first-order chi connectivity index (χ1) is 12.0. The first-order valence-electron chi connectivity index (χ1n) is 7.83. The van der Waals surface area contributed by atoms with Gasteiger partial charge >= 0.3 is 0 Å². The Kier molecular flexibility index (Phi) is 5.65. The smallest absolute Gasteiger partial charge is 0.257 e. The average molecular weight is 397 g/mol. The highest BCUT2D eigenvalue weighted by molar-refractivity contribution is 7.89. The topological polar surface area (TPSA) is 95.5 Å². The van der Waals surface area contributed by atoms with Crippen LogP contribution in [0.25, 0.3) is 0 Å². The number of carbonyl (C=O) groups excluding carboxylic acids is 1. The van der Waals surface area contributed by atoms with Crippen LogP contribution in [0.15, 0.2) is 41.3 Å². The van der Waals surface area contributed by atoms with E-state index in [4.69, 9.17) is 11.6 Å². The number of aromatic hydroxyl groups is 1. The van der Waals surface area contributed by atoms with E-state index in [9.17, 15) is 18.3 Å². The molecule has 3 N–H and O–H groups in total. The number of hydrogen-bond donors (Lipinski definition) is 3. The highest BCUT2D eigenvalue weighted by Gasteiger charge is 2.20. The molecule has 0 fully saturated rings. The Morgan fingerprint density at radius 1 is 1.12 bits per heavy atom. The summed E-state index contributed by atoms with van der Waals surface area (Å²) in [5, 5.41) is 12.7. The van der Waals surface area contributed by atoms with Gasteiger partial charge in [0.25, 0.3) is 5.91 Å². The van der Waals surface area contributed by atoms with Crippen molar-refractivity contribution in [2.45, 2.75) is 31.1 Å². The Morgan fingerprint density at radius 2 is 1.77 bits per heavy atom. The summed E-state index contributed by atoms with van der Waals surface area (Å²) in [6.07, 6.45) is 0. The lowest BCUT2D eigenvalue weighted by Gasteiger charge is -2.20. The van der Waals surface area contributed by atoms with E-state index in [0.29, 0.717) is 0 Å². The van der Waals surface area contributed by atoms with Crippen LogP contribution in [0.4, 0.5) is 5.69 Å². The van der Waals surface area contributed by atoms with Crippen molar-refractivity contribution in [1.82, 2.24) is 4.72 Å². The minimum atomic E-state index is -3.72. The monoisotopic (exact) mass is 396 g/mol. The van der Waals surface area contributed by atoms with Crippen LogP contribution >= 0.6 is 11.6 Å². The molecule has 0 radical (unpaired) electrons. The molecule has 0 aliphatic rings. The van der Waals surface area contributed by atoms with Crippen molar-refractivity contribution >= 4 is 33.2 Å². The van der Waals surface area contributed by atoms with Crippen molar-refractivity contribution < 1.29 is 18.3 Å². The van der Waals surface area contributed by atoms with E-state index in [2.05, 4.69) is 10.0 Å². The van der Waals surface area contributed by atoms with Gasteiger partial charge in [0.15, 0.2) is 0 Å². The second-order valence-corrected chi connectivity index (χ2v) is 9.08. The predicted molar refractivity (Wildman–Crippen MR) is 102 cm³/mol. The van der Waals surface area contributed by atoms with Gasteiger partial charge in [-0.25, -0.2) is 13.1 Å². The molecule has 26 heavy (non-hydrogen) atoms. The molecule has 0 aromatic heterocycles. The van der Waals surface area contributed by atoms with E-state index < -0.39 is 15.9 Å². The van der Waals surface area contributed by atoms with Crippen LogP contribution in [-0.2, 0) is 15.4 Å². The number of sulfonamides is 1. The zero-order valence-corrected chi connectivity index (χ0v) is 16.5. The van der Waals surface area contributed by atoms with Gasteiger partial charge in [0.05, 0.1) is 21.2 Å². The molecule has 0 aliphatic carbocycles. The number of anilines is 1. The summed E-state index contributed by atoms with van der Waals surface area (Å²) in [6, 6.07) is 8.79. The summed E-state index contributed by atoms with van der Waals surface area (Å²) >= 11 is 6.06. The molecule has 6 nitrogen and oxygen atoms in total. The van der Waals surface area contributed by atoms with E-state index in [1.807, 2.05) is 20.8 Å². The molecule has 8 heteroatoms. The van der Waals surface area contributed by atoms with E-state index in [1.54, 1.807) is 12.1 Å². The van der Waals surface area contributed by atoms with Crippen molar-refractivity contribution in [2.75, 3.05) is 12.4 Å². The molecule has 140 valence electrons. The Bertz CT molecular complexity index is 950. The van der Waals surface area contributed by atoms with Gasteiger partial charge < -0.3 is 10.4 Å². The van der Waals surface area contributed by atoms with Crippen molar-refractivity contribution in [3.05, 3.63) is 52.5 Å². The molecule has 0 atom stereocenters. The average Bonchev–Trinajstić information content (AvgIpc) is 2.55. The number of phenolic OH excluding ortho intramolecular Hbond substituents is 1. The summed E-state index contributed by atoms with van der Waals surface area (Å²) in [5.41, 5.74) is 0.957. The number of benzene rings is 2. The van der Waals surface area contributed by atoms with Crippen LogP contribution in [0, 0.1) is 0 Å². The fourth-order valence-corrected chi connectivity index (χ4v) is 3.21. The first-order valence-corrected chi connectivity index (χ1v) is 9.70. The van der Waals surface area contributed by atoms with E-state index in [0.717, 1.165) is 5.56 Å². The molecule has 0 unspecified atom stereocenters. The fraction of sp³-hybridized carbons (Fsp3) is 0.278. The third kappa shape index (κ3) is 4.35. The van der Waals surface area contributed by atoms with Crippen molar-refractivity contribution in [3.63, 3.8) is 0 Å². The molecule has 2 rings (SSSR count). The number of carbonyl (C=O) groups is 1. The molecule has 0 saturated carbocycles. The van der Waals surface area contributed by atoms with Crippen LogP contribution in [0.1, 0.15) is 36.7 Å². The maximum Gasteiger partial charge on any atom is 0.257 e. The lowest BCUT2D eigenvalue weighted by Crippen LogP contribution is -2.20. The van der Waals surface area contributed by atoms with Gasteiger partial charge in [-0.3, -0.25) is 4.79 Å². The minimum Gasteiger partial charge on any atom is -0.506 e. The predicted octanol–water partition coefficient (Wildman–Crippen LogP) is 3.50. The molecule has 0 aliphatic heterocycles. The molecule has 0 spiro atoms. The van der Waals surface area contributed by atoms with E-state index >= 15 is 0 Å². The molecule has 0 heterocycles. The minimum absolute atomic E-state index is 0.0106. The van der Waals surface area contributed by atoms with Gasteiger partial charge in [0.1, 0.15) is 5.75 Å². The SMILES string of the molecule is CNS(=O)(=O)c1ccc(Cl)c(C(=O)Nc2cc(C(C)(C)C)ccc2O)c1. The molecular formula is C18H21ClN2O4S. The van der Waals surface area contributed by atoms with Crippen molar-refractivity contribution in [3.8, 4) is 5.75 Å². The number of nitrogens with one attached hydrogen (secondary N) is 2. The van der Waals surface area contributed by atoms with Gasteiger partial charge in [0, 0.05) is 0 Å².